The van der Waals surface area contributed by atoms with E-state index < -0.39 is 0 Å². The van der Waals surface area contributed by atoms with Crippen LogP contribution >= 0.6 is 0 Å². The fourth-order valence-electron chi connectivity index (χ4n) is 2.15. The Morgan fingerprint density at radius 1 is 1.44 bits per heavy atom. The van der Waals surface area contributed by atoms with Crippen LogP contribution in [0.3, 0.4) is 0 Å². The van der Waals surface area contributed by atoms with Gasteiger partial charge in [0.1, 0.15) is 0 Å². The number of benzene rings is 1. The van der Waals surface area contributed by atoms with Gasteiger partial charge in [-0.3, -0.25) is 0 Å². The number of hydrogen-bond acceptors (Lipinski definition) is 4. The summed E-state index contributed by atoms with van der Waals surface area (Å²) in [5.74, 6) is -0.286. The number of hydrogen-bond donors (Lipinski definition) is 1. The fraction of sp³-hybridized carbons (Fsp3) is 0.500. The molecule has 1 aromatic rings. The number of anilines is 2. The molecule has 2 N–H and O–H groups in total. The Labute approximate surface area is 108 Å². The number of nitrogens with zero attached hydrogens (tertiary/aromatic N) is 1. The van der Waals surface area contributed by atoms with Crippen LogP contribution in [0.1, 0.15) is 37.0 Å². The Bertz CT molecular complexity index is 441. The number of ether oxygens (including phenoxy) is 1. The SMILES string of the molecule is CCOC(=O)c1ccc(N)c(N(CC)C2CC2)c1. The smallest absolute Gasteiger partial charge is 0.338 e. The van der Waals surface area contributed by atoms with Crippen molar-refractivity contribution in [3.63, 3.8) is 0 Å². The Balaban J connectivity index is 2.28. The van der Waals surface area contributed by atoms with Crippen molar-refractivity contribution in [2.24, 2.45) is 0 Å². The maximum atomic E-state index is 11.7. The maximum absolute atomic E-state index is 11.7. The van der Waals surface area contributed by atoms with Gasteiger partial charge in [-0.1, -0.05) is 0 Å². The van der Waals surface area contributed by atoms with Gasteiger partial charge in [-0.25, -0.2) is 4.79 Å². The van der Waals surface area contributed by atoms with Crippen molar-refractivity contribution < 1.29 is 9.53 Å². The zero-order valence-corrected chi connectivity index (χ0v) is 11.0. The van der Waals surface area contributed by atoms with Crippen molar-refractivity contribution in [3.05, 3.63) is 23.8 Å². The molecule has 0 atom stereocenters. The molecule has 4 heteroatoms. The first-order chi connectivity index (χ1) is 8.67. The molecule has 0 unspecified atom stereocenters. The average Bonchev–Trinajstić information content (AvgIpc) is 3.17. The van der Waals surface area contributed by atoms with Crippen molar-refractivity contribution in [3.8, 4) is 0 Å². The second kappa shape index (κ2) is 5.29. The predicted molar refractivity (Wildman–Crippen MR) is 72.9 cm³/mol. The van der Waals surface area contributed by atoms with Crippen LogP contribution in [0.2, 0.25) is 0 Å². The third-order valence-electron chi connectivity index (χ3n) is 3.18. The molecular formula is C14H20N2O2. The zero-order valence-electron chi connectivity index (χ0n) is 11.0. The fourth-order valence-corrected chi connectivity index (χ4v) is 2.15. The Hall–Kier alpha value is -1.71. The van der Waals surface area contributed by atoms with Gasteiger partial charge in [0.05, 0.1) is 23.5 Å². The summed E-state index contributed by atoms with van der Waals surface area (Å²) >= 11 is 0. The van der Waals surface area contributed by atoms with Gasteiger partial charge >= 0.3 is 5.97 Å². The van der Waals surface area contributed by atoms with Crippen LogP contribution in [0.4, 0.5) is 11.4 Å². The molecule has 1 aromatic carbocycles. The lowest BCUT2D eigenvalue weighted by atomic mass is 10.1. The molecule has 1 aliphatic rings. The number of carbonyl (C=O) groups is 1. The van der Waals surface area contributed by atoms with E-state index >= 15 is 0 Å². The van der Waals surface area contributed by atoms with Crippen LogP contribution in [0.25, 0.3) is 0 Å². The molecule has 0 bridgehead atoms. The minimum absolute atomic E-state index is 0.286. The Kier molecular flexibility index (Phi) is 3.75. The molecule has 1 fully saturated rings. The van der Waals surface area contributed by atoms with Gasteiger partial charge in [0.2, 0.25) is 0 Å². The molecule has 0 saturated heterocycles. The van der Waals surface area contributed by atoms with Crippen LogP contribution in [-0.4, -0.2) is 25.2 Å². The molecule has 1 aliphatic carbocycles. The molecular weight excluding hydrogens is 228 g/mol. The Morgan fingerprint density at radius 3 is 2.72 bits per heavy atom. The highest BCUT2D eigenvalue weighted by atomic mass is 16.5. The van der Waals surface area contributed by atoms with Crippen molar-refractivity contribution in [2.45, 2.75) is 32.7 Å². The second-order valence-corrected chi connectivity index (χ2v) is 4.51. The minimum atomic E-state index is -0.286. The van der Waals surface area contributed by atoms with Crippen LogP contribution in [0, 0.1) is 0 Å². The van der Waals surface area contributed by atoms with E-state index in [1.54, 1.807) is 19.1 Å². The summed E-state index contributed by atoms with van der Waals surface area (Å²) in [7, 11) is 0. The van der Waals surface area contributed by atoms with Crippen LogP contribution in [0.15, 0.2) is 18.2 Å². The third kappa shape index (κ3) is 2.58. The summed E-state index contributed by atoms with van der Waals surface area (Å²) in [5, 5.41) is 0. The van der Waals surface area contributed by atoms with Gasteiger partial charge in [0.25, 0.3) is 0 Å². The molecule has 98 valence electrons. The number of rotatable bonds is 5. The van der Waals surface area contributed by atoms with Crippen molar-refractivity contribution in [2.75, 3.05) is 23.8 Å². The van der Waals surface area contributed by atoms with E-state index in [1.165, 1.54) is 12.8 Å². The lowest BCUT2D eigenvalue weighted by molar-refractivity contribution is 0.0526. The second-order valence-electron chi connectivity index (χ2n) is 4.51. The van der Waals surface area contributed by atoms with Crippen LogP contribution in [0.5, 0.6) is 0 Å². The monoisotopic (exact) mass is 248 g/mol. The summed E-state index contributed by atoms with van der Waals surface area (Å²) in [6, 6.07) is 5.93. The lowest BCUT2D eigenvalue weighted by Crippen LogP contribution is -2.26. The van der Waals surface area contributed by atoms with Crippen molar-refractivity contribution in [1.82, 2.24) is 0 Å². The van der Waals surface area contributed by atoms with E-state index in [1.807, 2.05) is 6.07 Å². The van der Waals surface area contributed by atoms with Crippen molar-refractivity contribution in [1.29, 1.82) is 0 Å². The van der Waals surface area contributed by atoms with E-state index in [2.05, 4.69) is 11.8 Å². The van der Waals surface area contributed by atoms with Gasteiger partial charge in [-0.05, 0) is 44.9 Å². The standard InChI is InChI=1S/C14H20N2O2/c1-3-16(11-6-7-11)13-9-10(5-8-12(13)15)14(17)18-4-2/h5,8-9,11H,3-4,6-7,15H2,1-2H3. The van der Waals surface area contributed by atoms with Crippen LogP contribution in [-0.2, 0) is 4.74 Å². The molecule has 0 amide bonds. The Morgan fingerprint density at radius 2 is 2.17 bits per heavy atom. The molecule has 0 aliphatic heterocycles. The van der Waals surface area contributed by atoms with Gasteiger partial charge in [0, 0.05) is 12.6 Å². The third-order valence-corrected chi connectivity index (χ3v) is 3.18. The molecule has 0 spiro atoms. The quantitative estimate of drug-likeness (QED) is 0.642. The highest BCUT2D eigenvalue weighted by molar-refractivity contribution is 5.92. The average molecular weight is 248 g/mol. The lowest BCUT2D eigenvalue weighted by Gasteiger charge is -2.24. The number of esters is 1. The molecule has 0 aromatic heterocycles. The van der Waals surface area contributed by atoms with Crippen molar-refractivity contribution >= 4 is 17.3 Å². The topological polar surface area (TPSA) is 55.6 Å². The number of nitrogens with two attached hydrogens (primary N) is 1. The van der Waals surface area contributed by atoms with E-state index in [-0.39, 0.29) is 5.97 Å². The first kappa shape index (κ1) is 12.7. The summed E-state index contributed by atoms with van der Waals surface area (Å²) in [4.78, 5) is 14.0. The molecule has 2 rings (SSSR count). The molecule has 18 heavy (non-hydrogen) atoms. The first-order valence-electron chi connectivity index (χ1n) is 6.50. The van der Waals surface area contributed by atoms with Crippen LogP contribution < -0.4 is 10.6 Å². The summed E-state index contributed by atoms with van der Waals surface area (Å²) in [6.07, 6.45) is 2.41. The summed E-state index contributed by atoms with van der Waals surface area (Å²) < 4.78 is 5.01. The number of nitrogen functional groups attached to an aromatic ring is 1. The normalized spacial score (nSPS) is 14.3. The van der Waals surface area contributed by atoms with E-state index in [0.717, 1.165) is 17.9 Å². The predicted octanol–water partition coefficient (Wildman–Crippen LogP) is 2.43. The highest BCUT2D eigenvalue weighted by Crippen LogP contribution is 2.35. The maximum Gasteiger partial charge on any atom is 0.338 e. The first-order valence-corrected chi connectivity index (χ1v) is 6.50. The highest BCUT2D eigenvalue weighted by Gasteiger charge is 2.29. The molecule has 0 heterocycles. The molecule has 0 radical (unpaired) electrons. The van der Waals surface area contributed by atoms with E-state index in [4.69, 9.17) is 10.5 Å². The van der Waals surface area contributed by atoms with Gasteiger partial charge < -0.3 is 15.4 Å². The van der Waals surface area contributed by atoms with Gasteiger partial charge in [0.15, 0.2) is 0 Å². The summed E-state index contributed by atoms with van der Waals surface area (Å²) in [6.45, 7) is 5.20. The summed E-state index contributed by atoms with van der Waals surface area (Å²) in [5.41, 5.74) is 8.25. The molecule has 1 saturated carbocycles. The largest absolute Gasteiger partial charge is 0.462 e. The van der Waals surface area contributed by atoms with E-state index in [9.17, 15) is 4.79 Å². The zero-order chi connectivity index (χ0) is 13.1. The van der Waals surface area contributed by atoms with Gasteiger partial charge in [-0.15, -0.1) is 0 Å². The van der Waals surface area contributed by atoms with E-state index in [0.29, 0.717) is 18.2 Å². The minimum Gasteiger partial charge on any atom is -0.462 e. The number of carbonyl (C=O) groups excluding carboxylic acids is 1. The van der Waals surface area contributed by atoms with Gasteiger partial charge in [-0.2, -0.15) is 0 Å². The molecule has 4 nitrogen and oxygen atoms in total.